The number of H-pyrrole nitrogens is 1. The number of nitrogens with zero attached hydrogens (tertiary/aromatic N) is 1. The lowest BCUT2D eigenvalue weighted by atomic mass is 9.81. The number of carbonyl (C=O) groups excluding carboxylic acids is 3. The molecule has 0 spiro atoms. The quantitative estimate of drug-likeness (QED) is 0.644. The van der Waals surface area contributed by atoms with Gasteiger partial charge in [-0.2, -0.15) is 0 Å². The van der Waals surface area contributed by atoms with Gasteiger partial charge in [-0.1, -0.05) is 11.6 Å². The van der Waals surface area contributed by atoms with Gasteiger partial charge >= 0.3 is 6.09 Å². The summed E-state index contributed by atoms with van der Waals surface area (Å²) in [7, 11) is 3.43. The third-order valence-electron chi connectivity index (χ3n) is 5.49. The summed E-state index contributed by atoms with van der Waals surface area (Å²) in [5.41, 5.74) is 0.565. The monoisotopic (exact) mass is 462 g/mol. The van der Waals surface area contributed by atoms with Crippen LogP contribution in [0.3, 0.4) is 0 Å². The normalized spacial score (nSPS) is 21.1. The highest BCUT2D eigenvalue weighted by atomic mass is 35.5. The fourth-order valence-corrected chi connectivity index (χ4v) is 4.20. The molecule has 32 heavy (non-hydrogen) atoms. The highest BCUT2D eigenvalue weighted by Crippen LogP contribution is 2.27. The van der Waals surface area contributed by atoms with Gasteiger partial charge in [0.25, 0.3) is 5.91 Å². The third kappa shape index (κ3) is 5.94. The summed E-state index contributed by atoms with van der Waals surface area (Å²) in [6.45, 7) is 5.35. The van der Waals surface area contributed by atoms with Crippen LogP contribution in [0.15, 0.2) is 24.3 Å². The summed E-state index contributed by atoms with van der Waals surface area (Å²) in [5.74, 6) is -0.498. The summed E-state index contributed by atoms with van der Waals surface area (Å²) in [6.07, 6.45) is 1.03. The second-order valence-electron chi connectivity index (χ2n) is 9.49. The number of hydrogen-bond donors (Lipinski definition) is 3. The molecule has 0 radical (unpaired) electrons. The summed E-state index contributed by atoms with van der Waals surface area (Å²) >= 11 is 6.04. The van der Waals surface area contributed by atoms with Crippen molar-refractivity contribution in [1.29, 1.82) is 0 Å². The van der Waals surface area contributed by atoms with Crippen LogP contribution in [-0.2, 0) is 9.53 Å². The molecule has 2 aromatic rings. The van der Waals surface area contributed by atoms with Crippen LogP contribution in [0.25, 0.3) is 10.9 Å². The molecular weight excluding hydrogens is 432 g/mol. The highest BCUT2D eigenvalue weighted by Gasteiger charge is 2.37. The van der Waals surface area contributed by atoms with Gasteiger partial charge in [0, 0.05) is 42.0 Å². The Balaban J connectivity index is 1.75. The van der Waals surface area contributed by atoms with Gasteiger partial charge in [-0.3, -0.25) is 9.59 Å². The van der Waals surface area contributed by atoms with Gasteiger partial charge in [-0.25, -0.2) is 4.79 Å². The maximum absolute atomic E-state index is 13.0. The standard InChI is InChI=1S/C23H31ClN4O4/c1-23(2,3)32-22(31)27-18-11-13(21(30)28(4)5)6-8-17(18)26-20(29)19-12-14-10-15(24)7-9-16(14)25-19/h7,9-10,12-13,17-18,25H,6,8,11H2,1-5H3,(H,26,29)(H,27,31)/t13-,17-,18+/m0/s1. The molecule has 1 aromatic heterocycles. The Morgan fingerprint density at radius 2 is 1.81 bits per heavy atom. The molecule has 1 fully saturated rings. The second-order valence-corrected chi connectivity index (χ2v) is 9.93. The van der Waals surface area contributed by atoms with E-state index < -0.39 is 17.7 Å². The van der Waals surface area contributed by atoms with E-state index in [9.17, 15) is 14.4 Å². The third-order valence-corrected chi connectivity index (χ3v) is 5.72. The van der Waals surface area contributed by atoms with E-state index in [1.165, 1.54) is 0 Å². The van der Waals surface area contributed by atoms with Crippen molar-refractivity contribution in [3.05, 3.63) is 35.0 Å². The average molecular weight is 463 g/mol. The topological polar surface area (TPSA) is 104 Å². The van der Waals surface area contributed by atoms with Crippen LogP contribution in [0.5, 0.6) is 0 Å². The first kappa shape index (κ1) is 23.9. The van der Waals surface area contributed by atoms with Gasteiger partial charge < -0.3 is 25.3 Å². The molecule has 1 aliphatic carbocycles. The van der Waals surface area contributed by atoms with Crippen molar-refractivity contribution in [2.75, 3.05) is 14.1 Å². The molecule has 3 N–H and O–H groups in total. The second kappa shape index (κ2) is 9.40. The number of aromatic amines is 1. The van der Waals surface area contributed by atoms with Gasteiger partial charge in [0.2, 0.25) is 5.91 Å². The molecule has 0 saturated heterocycles. The number of benzene rings is 1. The first-order chi connectivity index (χ1) is 14.9. The molecular formula is C23H31ClN4O4. The number of fused-ring (bicyclic) bond motifs is 1. The number of hydrogen-bond acceptors (Lipinski definition) is 4. The Labute approximate surface area is 193 Å². The minimum Gasteiger partial charge on any atom is -0.444 e. The molecule has 9 heteroatoms. The zero-order valence-corrected chi connectivity index (χ0v) is 19.9. The maximum atomic E-state index is 13.0. The largest absolute Gasteiger partial charge is 0.444 e. The van der Waals surface area contributed by atoms with Crippen LogP contribution in [0, 0.1) is 5.92 Å². The Kier molecular flexibility index (Phi) is 7.03. The highest BCUT2D eigenvalue weighted by molar-refractivity contribution is 6.31. The molecule has 1 heterocycles. The van der Waals surface area contributed by atoms with E-state index in [-0.39, 0.29) is 23.8 Å². The van der Waals surface area contributed by atoms with Crippen molar-refractivity contribution in [2.45, 2.75) is 57.7 Å². The van der Waals surface area contributed by atoms with Gasteiger partial charge in [-0.15, -0.1) is 0 Å². The lowest BCUT2D eigenvalue weighted by molar-refractivity contribution is -0.134. The zero-order chi connectivity index (χ0) is 23.6. The maximum Gasteiger partial charge on any atom is 0.407 e. The van der Waals surface area contributed by atoms with Crippen molar-refractivity contribution in [1.82, 2.24) is 20.5 Å². The van der Waals surface area contributed by atoms with E-state index in [2.05, 4.69) is 15.6 Å². The Bertz CT molecular complexity index is 1010. The molecule has 3 atom stereocenters. The van der Waals surface area contributed by atoms with Crippen molar-refractivity contribution >= 4 is 40.4 Å². The van der Waals surface area contributed by atoms with E-state index in [1.54, 1.807) is 58.0 Å². The number of halogens is 1. The minimum atomic E-state index is -0.651. The van der Waals surface area contributed by atoms with Crippen LogP contribution in [-0.4, -0.2) is 59.6 Å². The number of rotatable bonds is 4. The van der Waals surface area contributed by atoms with Crippen molar-refractivity contribution in [3.8, 4) is 0 Å². The molecule has 174 valence electrons. The van der Waals surface area contributed by atoms with E-state index >= 15 is 0 Å². The molecule has 0 bridgehead atoms. The fraction of sp³-hybridized carbons (Fsp3) is 0.522. The average Bonchev–Trinajstić information content (AvgIpc) is 3.10. The first-order valence-electron chi connectivity index (χ1n) is 10.7. The molecule has 8 nitrogen and oxygen atoms in total. The number of carbonyl (C=O) groups is 3. The van der Waals surface area contributed by atoms with Gasteiger partial charge in [0.05, 0.1) is 6.04 Å². The predicted molar refractivity (Wildman–Crippen MR) is 124 cm³/mol. The summed E-state index contributed by atoms with van der Waals surface area (Å²) < 4.78 is 5.40. The Hall–Kier alpha value is -2.74. The van der Waals surface area contributed by atoms with Crippen LogP contribution in [0.2, 0.25) is 5.02 Å². The molecule has 1 aliphatic rings. The smallest absolute Gasteiger partial charge is 0.407 e. The fourth-order valence-electron chi connectivity index (χ4n) is 4.02. The van der Waals surface area contributed by atoms with E-state index in [4.69, 9.17) is 16.3 Å². The molecule has 1 aromatic carbocycles. The molecule has 0 aliphatic heterocycles. The van der Waals surface area contributed by atoms with Gasteiger partial charge in [0.1, 0.15) is 11.3 Å². The number of nitrogens with one attached hydrogen (secondary N) is 3. The Morgan fingerprint density at radius 3 is 2.47 bits per heavy atom. The molecule has 3 amide bonds. The molecule has 0 unspecified atom stereocenters. The lowest BCUT2D eigenvalue weighted by Crippen LogP contribution is -2.56. The van der Waals surface area contributed by atoms with Crippen LogP contribution >= 0.6 is 11.6 Å². The number of alkyl carbamates (subject to hydrolysis) is 1. The van der Waals surface area contributed by atoms with E-state index in [1.807, 2.05) is 6.07 Å². The van der Waals surface area contributed by atoms with Crippen LogP contribution < -0.4 is 10.6 Å². The van der Waals surface area contributed by atoms with Crippen LogP contribution in [0.1, 0.15) is 50.5 Å². The number of ether oxygens (including phenoxy) is 1. The zero-order valence-electron chi connectivity index (χ0n) is 19.1. The number of aromatic nitrogens is 1. The van der Waals surface area contributed by atoms with Crippen molar-refractivity contribution in [2.24, 2.45) is 5.92 Å². The first-order valence-corrected chi connectivity index (χ1v) is 11.1. The minimum absolute atomic E-state index is 0.0123. The molecule has 1 saturated carbocycles. The van der Waals surface area contributed by atoms with Crippen LogP contribution in [0.4, 0.5) is 4.79 Å². The van der Waals surface area contributed by atoms with E-state index in [0.29, 0.717) is 30.0 Å². The van der Waals surface area contributed by atoms with Crippen molar-refractivity contribution in [3.63, 3.8) is 0 Å². The molecule has 3 rings (SSSR count). The van der Waals surface area contributed by atoms with E-state index in [0.717, 1.165) is 10.9 Å². The predicted octanol–water partition coefficient (Wildman–Crippen LogP) is 3.70. The summed E-state index contributed by atoms with van der Waals surface area (Å²) in [6, 6.07) is 6.33. The van der Waals surface area contributed by atoms with Gasteiger partial charge in [0.15, 0.2) is 0 Å². The Morgan fingerprint density at radius 1 is 1.09 bits per heavy atom. The lowest BCUT2D eigenvalue weighted by Gasteiger charge is -2.37. The number of amides is 3. The van der Waals surface area contributed by atoms with Crippen molar-refractivity contribution < 1.29 is 19.1 Å². The van der Waals surface area contributed by atoms with Gasteiger partial charge in [-0.05, 0) is 64.3 Å². The summed E-state index contributed by atoms with van der Waals surface area (Å²) in [5, 5.41) is 7.32. The SMILES string of the molecule is CN(C)C(=O)[C@H]1CC[C@H](NC(=O)c2cc3cc(Cl)ccc3[nH]2)[C@H](NC(=O)OC(C)(C)C)C1. The summed E-state index contributed by atoms with van der Waals surface area (Å²) in [4.78, 5) is 42.6.